The predicted octanol–water partition coefficient (Wildman–Crippen LogP) is 3.80. The monoisotopic (exact) mass is 435 g/mol. The molecule has 0 spiro atoms. The Balaban J connectivity index is 1.24. The Morgan fingerprint density at radius 1 is 0.968 bits per heavy atom. The molecule has 4 aromatic rings. The number of imidazole rings is 1. The number of hydrogen-bond donors (Lipinski definition) is 0. The van der Waals surface area contributed by atoms with Crippen LogP contribution >= 0.6 is 11.3 Å². The second kappa shape index (κ2) is 8.56. The Morgan fingerprint density at radius 2 is 1.77 bits per heavy atom. The van der Waals surface area contributed by atoms with Crippen LogP contribution < -0.4 is 14.4 Å². The molecule has 0 amide bonds. The van der Waals surface area contributed by atoms with Gasteiger partial charge in [0, 0.05) is 43.9 Å². The van der Waals surface area contributed by atoms with Crippen molar-refractivity contribution < 1.29 is 9.47 Å². The zero-order chi connectivity index (χ0) is 21.2. The van der Waals surface area contributed by atoms with E-state index in [1.165, 1.54) is 0 Å². The van der Waals surface area contributed by atoms with E-state index < -0.39 is 0 Å². The third-order valence-electron chi connectivity index (χ3n) is 5.63. The number of ether oxygens (including phenoxy) is 2. The van der Waals surface area contributed by atoms with E-state index in [2.05, 4.69) is 28.0 Å². The van der Waals surface area contributed by atoms with Crippen molar-refractivity contribution >= 4 is 21.4 Å². The summed E-state index contributed by atoms with van der Waals surface area (Å²) in [5.74, 6) is 1.76. The van der Waals surface area contributed by atoms with Crippen LogP contribution in [0.25, 0.3) is 16.2 Å². The van der Waals surface area contributed by atoms with Crippen LogP contribution in [0.3, 0.4) is 0 Å². The van der Waals surface area contributed by atoms with Gasteiger partial charge in [-0.1, -0.05) is 41.7 Å². The van der Waals surface area contributed by atoms with Gasteiger partial charge in [-0.15, -0.1) is 5.10 Å². The first-order chi connectivity index (χ1) is 15.2. The summed E-state index contributed by atoms with van der Waals surface area (Å²) in [5, 5.41) is 5.81. The molecule has 1 aliphatic rings. The van der Waals surface area contributed by atoms with Crippen LogP contribution in [0.1, 0.15) is 5.56 Å². The smallest absolute Gasteiger partial charge is 0.214 e. The van der Waals surface area contributed by atoms with Crippen LogP contribution in [0.2, 0.25) is 0 Å². The van der Waals surface area contributed by atoms with E-state index in [1.54, 1.807) is 25.6 Å². The Labute approximate surface area is 185 Å². The average Bonchev–Trinajstić information content (AvgIpc) is 3.40. The molecule has 2 aromatic carbocycles. The molecule has 0 N–H and O–H groups in total. The zero-order valence-corrected chi connectivity index (χ0v) is 18.5. The normalized spacial score (nSPS) is 14.8. The summed E-state index contributed by atoms with van der Waals surface area (Å²) in [7, 11) is 3.41. The van der Waals surface area contributed by atoms with Crippen LogP contribution in [-0.4, -0.2) is 59.9 Å². The molecule has 7 nitrogen and oxygen atoms in total. The van der Waals surface area contributed by atoms with Gasteiger partial charge in [0.2, 0.25) is 10.1 Å². The van der Waals surface area contributed by atoms with E-state index in [-0.39, 0.29) is 0 Å². The van der Waals surface area contributed by atoms with E-state index >= 15 is 0 Å². The first-order valence-corrected chi connectivity index (χ1v) is 11.1. The van der Waals surface area contributed by atoms with E-state index in [0.717, 1.165) is 71.1 Å². The highest BCUT2D eigenvalue weighted by Gasteiger charge is 2.22. The van der Waals surface area contributed by atoms with Crippen molar-refractivity contribution in [1.29, 1.82) is 0 Å². The van der Waals surface area contributed by atoms with Gasteiger partial charge >= 0.3 is 0 Å². The Hall–Kier alpha value is -3.10. The number of hydrogen-bond acceptors (Lipinski definition) is 7. The highest BCUT2D eigenvalue weighted by Crippen LogP contribution is 2.29. The van der Waals surface area contributed by atoms with Crippen LogP contribution in [0, 0.1) is 0 Å². The molecule has 1 fully saturated rings. The van der Waals surface area contributed by atoms with Crippen LogP contribution in [0.5, 0.6) is 11.5 Å². The molecule has 8 heteroatoms. The number of nitrogens with zero attached hydrogens (tertiary/aromatic N) is 5. The summed E-state index contributed by atoms with van der Waals surface area (Å²) in [6.07, 6.45) is 2.01. The second-order valence-electron chi connectivity index (χ2n) is 7.54. The third kappa shape index (κ3) is 4.08. The number of fused-ring (bicyclic) bond motifs is 1. The minimum absolute atomic E-state index is 0.843. The van der Waals surface area contributed by atoms with Crippen LogP contribution in [0.4, 0.5) is 5.13 Å². The number of benzene rings is 2. The van der Waals surface area contributed by atoms with Gasteiger partial charge < -0.3 is 14.4 Å². The maximum atomic E-state index is 5.53. The van der Waals surface area contributed by atoms with Crippen molar-refractivity contribution in [2.45, 2.75) is 6.54 Å². The molecule has 3 heterocycles. The minimum Gasteiger partial charge on any atom is -0.497 e. The second-order valence-corrected chi connectivity index (χ2v) is 8.48. The van der Waals surface area contributed by atoms with Gasteiger partial charge in [-0.25, -0.2) is 9.50 Å². The molecule has 1 aliphatic heterocycles. The predicted molar refractivity (Wildman–Crippen MR) is 123 cm³/mol. The number of rotatable bonds is 6. The molecule has 2 aromatic heterocycles. The zero-order valence-electron chi connectivity index (χ0n) is 17.7. The van der Waals surface area contributed by atoms with Gasteiger partial charge in [0.15, 0.2) is 0 Å². The van der Waals surface area contributed by atoms with Crippen molar-refractivity contribution in [2.24, 2.45) is 0 Å². The first-order valence-electron chi connectivity index (χ1n) is 10.3. The van der Waals surface area contributed by atoms with Gasteiger partial charge in [-0.2, -0.15) is 0 Å². The summed E-state index contributed by atoms with van der Waals surface area (Å²) in [6, 6.07) is 16.2. The Kier molecular flexibility index (Phi) is 5.48. The largest absolute Gasteiger partial charge is 0.497 e. The molecule has 160 valence electrons. The Morgan fingerprint density at radius 3 is 2.48 bits per heavy atom. The first kappa shape index (κ1) is 19.8. The summed E-state index contributed by atoms with van der Waals surface area (Å²) in [4.78, 5) is 10.5. The molecule has 0 bridgehead atoms. The topological polar surface area (TPSA) is 55.1 Å². The van der Waals surface area contributed by atoms with Crippen LogP contribution in [0.15, 0.2) is 54.7 Å². The van der Waals surface area contributed by atoms with Crippen LogP contribution in [-0.2, 0) is 6.54 Å². The minimum atomic E-state index is 0.843. The molecule has 1 saturated heterocycles. The molecule has 0 saturated carbocycles. The highest BCUT2D eigenvalue weighted by molar-refractivity contribution is 7.20. The lowest BCUT2D eigenvalue weighted by molar-refractivity contribution is 0.245. The molecule has 5 rings (SSSR count). The SMILES string of the molecule is COc1ccc(OC)c(CN2CCN(c3nn4cc(-c5ccccc5)nc4s3)CC2)c1. The fourth-order valence-electron chi connectivity index (χ4n) is 3.91. The molecule has 31 heavy (non-hydrogen) atoms. The average molecular weight is 436 g/mol. The molecule has 0 radical (unpaired) electrons. The molecular weight excluding hydrogens is 410 g/mol. The fraction of sp³-hybridized carbons (Fsp3) is 0.304. The maximum absolute atomic E-state index is 5.53. The quantitative estimate of drug-likeness (QED) is 0.459. The van der Waals surface area contributed by atoms with Gasteiger partial charge in [0.1, 0.15) is 11.5 Å². The maximum Gasteiger partial charge on any atom is 0.214 e. The van der Waals surface area contributed by atoms with Crippen molar-refractivity contribution in [3.63, 3.8) is 0 Å². The van der Waals surface area contributed by atoms with Gasteiger partial charge in [0.05, 0.1) is 26.1 Å². The lowest BCUT2D eigenvalue weighted by atomic mass is 10.1. The van der Waals surface area contributed by atoms with Crippen molar-refractivity contribution in [3.8, 4) is 22.8 Å². The molecule has 0 atom stereocenters. The van der Waals surface area contributed by atoms with Crippen molar-refractivity contribution in [2.75, 3.05) is 45.3 Å². The third-order valence-corrected chi connectivity index (χ3v) is 6.61. The number of methoxy groups -OCH3 is 2. The van der Waals surface area contributed by atoms with E-state index in [4.69, 9.17) is 19.6 Å². The molecular formula is C23H25N5O2S. The van der Waals surface area contributed by atoms with Gasteiger partial charge in [-0.3, -0.25) is 4.90 Å². The van der Waals surface area contributed by atoms with Gasteiger partial charge in [-0.05, 0) is 18.2 Å². The van der Waals surface area contributed by atoms with E-state index in [0.29, 0.717) is 0 Å². The summed E-state index contributed by atoms with van der Waals surface area (Å²) < 4.78 is 12.8. The Bertz CT molecular complexity index is 1130. The van der Waals surface area contributed by atoms with E-state index in [9.17, 15) is 0 Å². The number of piperazine rings is 1. The van der Waals surface area contributed by atoms with E-state index in [1.807, 2.05) is 41.0 Å². The van der Waals surface area contributed by atoms with Crippen molar-refractivity contribution in [3.05, 3.63) is 60.3 Å². The highest BCUT2D eigenvalue weighted by atomic mass is 32.1. The lowest BCUT2D eigenvalue weighted by Crippen LogP contribution is -2.46. The van der Waals surface area contributed by atoms with Gasteiger partial charge in [0.25, 0.3) is 0 Å². The summed E-state index contributed by atoms with van der Waals surface area (Å²) in [6.45, 7) is 4.66. The lowest BCUT2D eigenvalue weighted by Gasteiger charge is -2.34. The standard InChI is InChI=1S/C23H25N5O2S/c1-29-19-8-9-21(30-2)18(14-19)15-26-10-12-27(13-11-26)23-25-28-16-20(24-22(28)31-23)17-6-4-3-5-7-17/h3-9,14,16H,10-13,15H2,1-2H3. The molecule has 0 aliphatic carbocycles. The molecule has 0 unspecified atom stereocenters. The number of anilines is 1. The fourth-order valence-corrected chi connectivity index (χ4v) is 4.84. The summed E-state index contributed by atoms with van der Waals surface area (Å²) >= 11 is 1.65. The van der Waals surface area contributed by atoms with Crippen molar-refractivity contribution in [1.82, 2.24) is 19.5 Å². The summed E-state index contributed by atoms with van der Waals surface area (Å²) in [5.41, 5.74) is 3.22. The number of aromatic nitrogens is 3.